The lowest BCUT2D eigenvalue weighted by Gasteiger charge is -2.26. The fourth-order valence-electron chi connectivity index (χ4n) is 3.23. The second-order valence-corrected chi connectivity index (χ2v) is 7.72. The average Bonchev–Trinajstić information content (AvgIpc) is 3.22. The number of rotatable bonds is 8. The van der Waals surface area contributed by atoms with Crippen LogP contribution in [0.4, 0.5) is 0 Å². The number of ether oxygens (including phenoxy) is 1. The summed E-state index contributed by atoms with van der Waals surface area (Å²) in [7, 11) is 3.49. The van der Waals surface area contributed by atoms with Crippen LogP contribution < -0.4 is 10.6 Å². The number of morpholine rings is 1. The maximum atomic E-state index is 12.0. The quantitative estimate of drug-likeness (QED) is 0.290. The molecule has 2 aromatic rings. The summed E-state index contributed by atoms with van der Waals surface area (Å²) in [5, 5.41) is 11.0. The van der Waals surface area contributed by atoms with Crippen LogP contribution >= 0.6 is 24.0 Å². The number of hydrogen-bond donors (Lipinski definition) is 2. The molecule has 176 valence electrons. The molecule has 1 aliphatic rings. The Hall–Kier alpha value is -2.18. The first-order chi connectivity index (χ1) is 15.0. The predicted molar refractivity (Wildman–Crippen MR) is 137 cm³/mol. The molecule has 9 nitrogen and oxygen atoms in total. The van der Waals surface area contributed by atoms with Crippen molar-refractivity contribution in [3.05, 3.63) is 47.8 Å². The van der Waals surface area contributed by atoms with Crippen molar-refractivity contribution in [2.45, 2.75) is 13.5 Å². The minimum atomic E-state index is -0.00454. The van der Waals surface area contributed by atoms with Crippen LogP contribution in [0.5, 0.6) is 0 Å². The summed E-state index contributed by atoms with van der Waals surface area (Å²) in [4.78, 5) is 20.7. The van der Waals surface area contributed by atoms with Crippen LogP contribution in [0.25, 0.3) is 5.69 Å². The molecule has 0 aliphatic carbocycles. The lowest BCUT2D eigenvalue weighted by Crippen LogP contribution is -2.46. The number of nitrogens with one attached hydrogen (secondary N) is 2. The van der Waals surface area contributed by atoms with Crippen LogP contribution in [0.3, 0.4) is 0 Å². The highest BCUT2D eigenvalue weighted by atomic mass is 127. The van der Waals surface area contributed by atoms with Gasteiger partial charge in [-0.15, -0.1) is 24.0 Å². The molecule has 0 bridgehead atoms. The number of para-hydroxylation sites is 1. The maximum Gasteiger partial charge on any atom is 0.241 e. The molecule has 0 spiro atoms. The van der Waals surface area contributed by atoms with Gasteiger partial charge in [-0.1, -0.05) is 18.2 Å². The number of carbonyl (C=O) groups excluding carboxylic acids is 1. The van der Waals surface area contributed by atoms with Crippen LogP contribution in [0.1, 0.15) is 11.3 Å². The first-order valence-corrected chi connectivity index (χ1v) is 10.7. The van der Waals surface area contributed by atoms with E-state index in [9.17, 15) is 4.79 Å². The van der Waals surface area contributed by atoms with E-state index in [1.54, 1.807) is 19.0 Å². The molecule has 1 amide bonds. The Balaban J connectivity index is 0.00000363. The van der Waals surface area contributed by atoms with Crippen molar-refractivity contribution < 1.29 is 9.53 Å². The largest absolute Gasteiger partial charge is 0.379 e. The van der Waals surface area contributed by atoms with Gasteiger partial charge in [-0.2, -0.15) is 5.10 Å². The van der Waals surface area contributed by atoms with Gasteiger partial charge >= 0.3 is 0 Å². The third-order valence-corrected chi connectivity index (χ3v) is 5.10. The zero-order chi connectivity index (χ0) is 22.1. The molecule has 1 aromatic carbocycles. The third kappa shape index (κ3) is 8.06. The van der Waals surface area contributed by atoms with Crippen molar-refractivity contribution in [3.63, 3.8) is 0 Å². The summed E-state index contributed by atoms with van der Waals surface area (Å²) in [6.07, 6.45) is 1.95. The van der Waals surface area contributed by atoms with Gasteiger partial charge in [0.15, 0.2) is 5.96 Å². The van der Waals surface area contributed by atoms with E-state index in [0.717, 1.165) is 56.3 Å². The van der Waals surface area contributed by atoms with Gasteiger partial charge in [-0.05, 0) is 24.6 Å². The number of halogens is 1. The van der Waals surface area contributed by atoms with E-state index in [1.165, 1.54) is 0 Å². The smallest absolute Gasteiger partial charge is 0.241 e. The van der Waals surface area contributed by atoms with Crippen LogP contribution in [0.2, 0.25) is 0 Å². The van der Waals surface area contributed by atoms with Gasteiger partial charge < -0.3 is 20.3 Å². The fourth-order valence-corrected chi connectivity index (χ4v) is 3.23. The number of aliphatic imine (C=N–C) groups is 1. The molecule has 0 unspecified atom stereocenters. The molecule has 2 heterocycles. The van der Waals surface area contributed by atoms with Gasteiger partial charge in [-0.25, -0.2) is 9.67 Å². The number of aryl methyl sites for hydroxylation is 1. The van der Waals surface area contributed by atoms with Crippen molar-refractivity contribution in [1.82, 2.24) is 30.2 Å². The number of likely N-dealkylation sites (N-methyl/N-ethyl adjacent to an activating group) is 1. The number of benzene rings is 1. The summed E-state index contributed by atoms with van der Waals surface area (Å²) in [6, 6.07) is 10.1. The Kier molecular flexibility index (Phi) is 10.9. The van der Waals surface area contributed by atoms with Crippen LogP contribution in [0.15, 0.2) is 41.5 Å². The zero-order valence-electron chi connectivity index (χ0n) is 19.1. The lowest BCUT2D eigenvalue weighted by atomic mass is 10.2. The Morgan fingerprint density at radius 1 is 1.19 bits per heavy atom. The maximum absolute atomic E-state index is 12.0. The molecule has 1 fully saturated rings. The minimum Gasteiger partial charge on any atom is -0.379 e. The number of hydrogen-bond acceptors (Lipinski definition) is 5. The molecule has 1 saturated heterocycles. The first-order valence-electron chi connectivity index (χ1n) is 10.7. The predicted octanol–water partition coefficient (Wildman–Crippen LogP) is 1.25. The van der Waals surface area contributed by atoms with E-state index in [1.807, 2.05) is 48.1 Å². The second-order valence-electron chi connectivity index (χ2n) is 7.72. The monoisotopic (exact) mass is 555 g/mol. The van der Waals surface area contributed by atoms with Gasteiger partial charge in [-0.3, -0.25) is 9.69 Å². The Morgan fingerprint density at radius 2 is 1.94 bits per heavy atom. The molecule has 2 N–H and O–H groups in total. The highest BCUT2D eigenvalue weighted by Crippen LogP contribution is 2.15. The van der Waals surface area contributed by atoms with E-state index in [0.29, 0.717) is 12.5 Å². The number of guanidine groups is 1. The second kappa shape index (κ2) is 13.4. The third-order valence-electron chi connectivity index (χ3n) is 5.10. The molecular formula is C22H34IN7O2. The number of carbonyl (C=O) groups is 1. The van der Waals surface area contributed by atoms with Gasteiger partial charge in [0.1, 0.15) is 0 Å². The van der Waals surface area contributed by atoms with Gasteiger partial charge in [0.05, 0.1) is 37.7 Å². The molecule has 32 heavy (non-hydrogen) atoms. The van der Waals surface area contributed by atoms with E-state index in [-0.39, 0.29) is 36.4 Å². The molecule has 0 atom stereocenters. The normalized spacial score (nSPS) is 14.5. The average molecular weight is 555 g/mol. The highest BCUT2D eigenvalue weighted by Gasteiger charge is 2.11. The SMILES string of the molecule is Cc1ccn(-c2ccccc2CN=C(NCCN2CCOCC2)NCC(=O)N(C)C)n1.I. The van der Waals surface area contributed by atoms with E-state index < -0.39 is 0 Å². The van der Waals surface area contributed by atoms with Crippen molar-refractivity contribution >= 4 is 35.8 Å². The standard InChI is InChI=1S/C22H33N7O2.HI/c1-18-8-10-29(26-18)20-7-5-4-6-19(20)16-24-22(25-17-21(30)27(2)3)23-9-11-28-12-14-31-15-13-28;/h4-8,10H,9,11-17H2,1-3H3,(H2,23,24,25);1H. The van der Waals surface area contributed by atoms with Gasteiger partial charge in [0.2, 0.25) is 5.91 Å². The molecule has 1 aliphatic heterocycles. The molecule has 0 radical (unpaired) electrons. The molecule has 0 saturated carbocycles. The number of aromatic nitrogens is 2. The van der Waals surface area contributed by atoms with E-state index in [2.05, 4.69) is 20.6 Å². The summed E-state index contributed by atoms with van der Waals surface area (Å²) >= 11 is 0. The lowest BCUT2D eigenvalue weighted by molar-refractivity contribution is -0.127. The Morgan fingerprint density at radius 3 is 2.62 bits per heavy atom. The molecule has 3 rings (SSSR count). The minimum absolute atomic E-state index is 0. The van der Waals surface area contributed by atoms with Gasteiger partial charge in [0.25, 0.3) is 0 Å². The summed E-state index contributed by atoms with van der Waals surface area (Å²) in [6.45, 7) is 7.71. The highest BCUT2D eigenvalue weighted by molar-refractivity contribution is 14.0. The zero-order valence-corrected chi connectivity index (χ0v) is 21.4. The first kappa shape index (κ1) is 26.1. The summed E-state index contributed by atoms with van der Waals surface area (Å²) < 4.78 is 7.27. The van der Waals surface area contributed by atoms with Crippen LogP contribution in [-0.4, -0.2) is 91.5 Å². The number of nitrogens with zero attached hydrogens (tertiary/aromatic N) is 5. The molecular weight excluding hydrogens is 521 g/mol. The van der Waals surface area contributed by atoms with E-state index in [4.69, 9.17) is 9.73 Å². The summed E-state index contributed by atoms with van der Waals surface area (Å²) in [5.41, 5.74) is 3.02. The van der Waals surface area contributed by atoms with Crippen LogP contribution in [-0.2, 0) is 16.1 Å². The van der Waals surface area contributed by atoms with Crippen molar-refractivity contribution in [3.8, 4) is 5.69 Å². The Labute approximate surface area is 207 Å². The van der Waals surface area contributed by atoms with E-state index >= 15 is 0 Å². The van der Waals surface area contributed by atoms with Crippen molar-refractivity contribution in [2.75, 3.05) is 60.0 Å². The molecule has 1 aromatic heterocycles. The Bertz CT molecular complexity index is 879. The van der Waals surface area contributed by atoms with Crippen molar-refractivity contribution in [2.24, 2.45) is 4.99 Å². The molecule has 10 heteroatoms. The fraction of sp³-hybridized carbons (Fsp3) is 0.500. The van der Waals surface area contributed by atoms with Gasteiger partial charge in [0, 0.05) is 46.5 Å². The van der Waals surface area contributed by atoms with Crippen LogP contribution in [0, 0.1) is 6.92 Å². The summed E-state index contributed by atoms with van der Waals surface area (Å²) in [5.74, 6) is 0.616. The topological polar surface area (TPSA) is 87.0 Å². The van der Waals surface area contributed by atoms with Crippen molar-refractivity contribution in [1.29, 1.82) is 0 Å². The number of amides is 1.